The summed E-state index contributed by atoms with van der Waals surface area (Å²) in [5.74, 6) is 2.45. The van der Waals surface area contributed by atoms with Crippen LogP contribution in [0.25, 0.3) is 0 Å². The average Bonchev–Trinajstić information content (AvgIpc) is 2.01. The minimum absolute atomic E-state index is 0.0781. The fraction of sp³-hybridized carbons (Fsp3) is 0.714. The van der Waals surface area contributed by atoms with E-state index in [2.05, 4.69) is 5.92 Å². The van der Waals surface area contributed by atoms with E-state index in [1.807, 2.05) is 5.25 Å². The Bertz CT molecular complexity index is 452. The number of rotatable bonds is 0. The van der Waals surface area contributed by atoms with Crippen LogP contribution in [0.2, 0.25) is 0 Å². The molecule has 1 aliphatic rings. The number of halogens is 1. The Labute approximate surface area is 88.0 Å². The molecule has 14 heavy (non-hydrogen) atoms. The first-order valence-corrected chi connectivity index (χ1v) is 8.09. The second-order valence-electron chi connectivity index (χ2n) is 3.11. The van der Waals surface area contributed by atoms with Crippen molar-refractivity contribution >= 4 is 29.6 Å². The van der Waals surface area contributed by atoms with Gasteiger partial charge in [0.1, 0.15) is 9.84 Å². The van der Waals surface area contributed by atoms with Crippen molar-refractivity contribution in [2.75, 3.05) is 11.5 Å². The lowest BCUT2D eigenvalue weighted by molar-refractivity contribution is 0.543. The number of hydrogen-bond donors (Lipinski definition) is 0. The summed E-state index contributed by atoms with van der Waals surface area (Å²) in [6.45, 7) is 0. The lowest BCUT2D eigenvalue weighted by atomic mass is 10.1. The zero-order chi connectivity index (χ0) is 10.8. The van der Waals surface area contributed by atoms with Crippen LogP contribution in [0.1, 0.15) is 12.8 Å². The van der Waals surface area contributed by atoms with Gasteiger partial charge in [-0.2, -0.15) is 8.42 Å². The average molecular weight is 257 g/mol. The van der Waals surface area contributed by atoms with E-state index in [-0.39, 0.29) is 17.4 Å². The molecule has 0 aromatic rings. The van der Waals surface area contributed by atoms with Gasteiger partial charge in [0.15, 0.2) is 0 Å². The van der Waals surface area contributed by atoms with E-state index in [1.165, 1.54) is 0 Å². The van der Waals surface area contributed by atoms with E-state index in [1.54, 1.807) is 0 Å². The molecule has 1 rings (SSSR count). The summed E-state index contributed by atoms with van der Waals surface area (Å²) in [6.07, 6.45) is 0.781. The van der Waals surface area contributed by atoms with Crippen LogP contribution in [-0.2, 0) is 18.9 Å². The quantitative estimate of drug-likeness (QED) is 0.463. The van der Waals surface area contributed by atoms with Crippen LogP contribution < -0.4 is 0 Å². The molecule has 0 radical (unpaired) electrons. The maximum Gasteiger partial charge on any atom is 0.300 e. The molecule has 1 heterocycles. The third-order valence-electron chi connectivity index (χ3n) is 1.94. The molecule has 0 saturated carbocycles. The van der Waals surface area contributed by atoms with Gasteiger partial charge in [-0.25, -0.2) is 8.42 Å². The first-order valence-electron chi connectivity index (χ1n) is 3.96. The molecule has 0 aromatic heterocycles. The monoisotopic (exact) mass is 256 g/mol. The van der Waals surface area contributed by atoms with Gasteiger partial charge in [-0.1, -0.05) is 5.92 Å². The molecule has 4 nitrogen and oxygen atoms in total. The Balaban J connectivity index is 2.63. The van der Waals surface area contributed by atoms with Crippen LogP contribution in [0.3, 0.4) is 0 Å². The molecule has 0 spiro atoms. The van der Waals surface area contributed by atoms with Crippen LogP contribution in [0.5, 0.6) is 0 Å². The molecule has 0 atom stereocenters. The van der Waals surface area contributed by atoms with Crippen LogP contribution in [0.4, 0.5) is 0 Å². The standard InChI is InChI=1S/C7H9ClO4S2/c8-14(11,12)6-3-7-1-4-13(9,10)5-2-7/h7H,1-2,4-5H2. The Morgan fingerprint density at radius 3 is 2.14 bits per heavy atom. The molecule has 1 saturated heterocycles. The zero-order valence-electron chi connectivity index (χ0n) is 7.23. The smallest absolute Gasteiger partial charge is 0.229 e. The summed E-state index contributed by atoms with van der Waals surface area (Å²) in [4.78, 5) is 0. The molecular formula is C7H9ClO4S2. The third-order valence-corrected chi connectivity index (χ3v) is 4.25. The lowest BCUT2D eigenvalue weighted by Gasteiger charge is -2.16. The Hall–Kier alpha value is -0.250. The van der Waals surface area contributed by atoms with Gasteiger partial charge in [0, 0.05) is 21.9 Å². The molecule has 1 aliphatic heterocycles. The molecule has 0 unspecified atom stereocenters. The van der Waals surface area contributed by atoms with E-state index in [0.717, 1.165) is 0 Å². The predicted molar refractivity (Wildman–Crippen MR) is 53.9 cm³/mol. The summed E-state index contributed by atoms with van der Waals surface area (Å²) in [5.41, 5.74) is 0. The fourth-order valence-electron chi connectivity index (χ4n) is 1.19. The Kier molecular flexibility index (Phi) is 3.45. The van der Waals surface area contributed by atoms with Gasteiger partial charge in [0.2, 0.25) is 0 Å². The van der Waals surface area contributed by atoms with Crippen molar-refractivity contribution in [1.29, 1.82) is 0 Å². The molecule has 7 heteroatoms. The first-order chi connectivity index (χ1) is 6.29. The summed E-state index contributed by atoms with van der Waals surface area (Å²) in [5, 5.41) is 1.91. The van der Waals surface area contributed by atoms with Crippen molar-refractivity contribution in [2.45, 2.75) is 12.8 Å². The van der Waals surface area contributed by atoms with Crippen molar-refractivity contribution in [3.05, 3.63) is 0 Å². The third kappa shape index (κ3) is 4.31. The fourth-order valence-corrected chi connectivity index (χ4v) is 3.12. The number of hydrogen-bond acceptors (Lipinski definition) is 4. The van der Waals surface area contributed by atoms with Crippen LogP contribution >= 0.6 is 10.7 Å². The van der Waals surface area contributed by atoms with Gasteiger partial charge in [-0.15, -0.1) is 0 Å². The molecule has 0 aromatic carbocycles. The summed E-state index contributed by atoms with van der Waals surface area (Å²) >= 11 is 0. The van der Waals surface area contributed by atoms with E-state index in [9.17, 15) is 16.8 Å². The molecule has 80 valence electrons. The topological polar surface area (TPSA) is 68.3 Å². The summed E-state index contributed by atoms with van der Waals surface area (Å²) in [6, 6.07) is 0. The van der Waals surface area contributed by atoms with E-state index < -0.39 is 18.9 Å². The van der Waals surface area contributed by atoms with Crippen molar-refractivity contribution in [3.8, 4) is 11.2 Å². The lowest BCUT2D eigenvalue weighted by Crippen LogP contribution is -2.22. The van der Waals surface area contributed by atoms with Gasteiger partial charge < -0.3 is 0 Å². The minimum atomic E-state index is -3.79. The Morgan fingerprint density at radius 1 is 1.21 bits per heavy atom. The minimum Gasteiger partial charge on any atom is -0.229 e. The molecule has 0 bridgehead atoms. The van der Waals surface area contributed by atoms with E-state index in [0.29, 0.717) is 12.8 Å². The highest BCUT2D eigenvalue weighted by Gasteiger charge is 2.22. The predicted octanol–water partition coefficient (Wildman–Crippen LogP) is 0.341. The SMILES string of the molecule is O=S(=O)(Cl)C#CC1CCS(=O)(=O)CC1. The van der Waals surface area contributed by atoms with Crippen molar-refractivity contribution < 1.29 is 16.8 Å². The van der Waals surface area contributed by atoms with E-state index >= 15 is 0 Å². The maximum atomic E-state index is 11.0. The normalized spacial score (nSPS) is 22.4. The van der Waals surface area contributed by atoms with Crippen molar-refractivity contribution in [3.63, 3.8) is 0 Å². The molecule has 1 fully saturated rings. The van der Waals surface area contributed by atoms with Crippen LogP contribution in [-0.4, -0.2) is 28.3 Å². The second kappa shape index (κ2) is 4.09. The van der Waals surface area contributed by atoms with Crippen molar-refractivity contribution in [1.82, 2.24) is 0 Å². The molecule has 0 aliphatic carbocycles. The summed E-state index contributed by atoms with van der Waals surface area (Å²) < 4.78 is 43.0. The van der Waals surface area contributed by atoms with E-state index in [4.69, 9.17) is 10.7 Å². The largest absolute Gasteiger partial charge is 0.300 e. The van der Waals surface area contributed by atoms with Gasteiger partial charge in [0.25, 0.3) is 0 Å². The van der Waals surface area contributed by atoms with Gasteiger partial charge in [-0.05, 0) is 12.8 Å². The van der Waals surface area contributed by atoms with Crippen molar-refractivity contribution in [2.24, 2.45) is 5.92 Å². The van der Waals surface area contributed by atoms with Crippen LogP contribution in [0, 0.1) is 17.1 Å². The summed E-state index contributed by atoms with van der Waals surface area (Å²) in [7, 11) is -1.82. The highest BCUT2D eigenvalue weighted by molar-refractivity contribution is 8.17. The maximum absolute atomic E-state index is 11.0. The van der Waals surface area contributed by atoms with Crippen LogP contribution in [0.15, 0.2) is 0 Å². The highest BCUT2D eigenvalue weighted by Crippen LogP contribution is 2.17. The zero-order valence-corrected chi connectivity index (χ0v) is 9.62. The second-order valence-corrected chi connectivity index (χ2v) is 7.71. The molecular weight excluding hydrogens is 248 g/mol. The van der Waals surface area contributed by atoms with Gasteiger partial charge in [-0.3, -0.25) is 0 Å². The van der Waals surface area contributed by atoms with Gasteiger partial charge >= 0.3 is 9.05 Å². The number of sulfone groups is 1. The first kappa shape index (κ1) is 11.8. The molecule has 0 N–H and O–H groups in total. The van der Waals surface area contributed by atoms with Gasteiger partial charge in [0.05, 0.1) is 11.5 Å². The highest BCUT2D eigenvalue weighted by atomic mass is 35.7. The Morgan fingerprint density at radius 2 is 1.71 bits per heavy atom. The molecule has 0 amide bonds.